The largest absolute Gasteiger partial charge is 0.454 e. The molecule has 0 unspecified atom stereocenters. The van der Waals surface area contributed by atoms with Crippen LogP contribution in [0.1, 0.15) is 37.0 Å². The highest BCUT2D eigenvalue weighted by Gasteiger charge is 2.32. The molecule has 1 aromatic rings. The number of ether oxygens (including phenoxy) is 2. The van der Waals surface area contributed by atoms with Crippen molar-refractivity contribution in [2.45, 2.75) is 31.9 Å². The molecule has 132 valence electrons. The van der Waals surface area contributed by atoms with E-state index in [0.717, 1.165) is 0 Å². The van der Waals surface area contributed by atoms with Gasteiger partial charge in [0.1, 0.15) is 0 Å². The second kappa shape index (κ2) is 6.63. The lowest BCUT2D eigenvalue weighted by Gasteiger charge is -2.32. The lowest BCUT2D eigenvalue weighted by atomic mass is 10.1. The fraction of sp³-hybridized carbons (Fsp3) is 0.588. The minimum atomic E-state index is -3.08. The van der Waals surface area contributed by atoms with Gasteiger partial charge in [-0.1, -0.05) is 13.8 Å². The number of benzene rings is 1. The van der Waals surface area contributed by atoms with E-state index in [4.69, 9.17) is 9.47 Å². The highest BCUT2D eigenvalue weighted by Crippen LogP contribution is 2.33. The molecule has 0 N–H and O–H groups in total. The first kappa shape index (κ1) is 17.1. The quantitative estimate of drug-likeness (QED) is 0.829. The number of hydrogen-bond donors (Lipinski definition) is 0. The Morgan fingerprint density at radius 2 is 1.88 bits per heavy atom. The number of piperidine rings is 1. The number of carbonyl (C=O) groups excluding carboxylic acids is 1. The first-order valence-electron chi connectivity index (χ1n) is 8.27. The molecule has 1 aromatic carbocycles. The number of likely N-dealkylation sites (tertiary alicyclic amines) is 1. The molecule has 0 atom stereocenters. The normalized spacial score (nSPS) is 18.2. The Morgan fingerprint density at radius 1 is 1.21 bits per heavy atom. The second-order valence-corrected chi connectivity index (χ2v) is 9.11. The van der Waals surface area contributed by atoms with Gasteiger partial charge >= 0.3 is 0 Å². The van der Waals surface area contributed by atoms with Gasteiger partial charge in [-0.3, -0.25) is 4.79 Å². The van der Waals surface area contributed by atoms with Gasteiger partial charge in [-0.05, 0) is 37.0 Å². The first-order chi connectivity index (χ1) is 11.4. The van der Waals surface area contributed by atoms with Gasteiger partial charge < -0.3 is 14.4 Å². The van der Waals surface area contributed by atoms with Gasteiger partial charge in [-0.15, -0.1) is 0 Å². The molecular formula is C17H23NO5S. The Bertz CT molecular complexity index is 720. The molecule has 2 aliphatic heterocycles. The van der Waals surface area contributed by atoms with Crippen molar-refractivity contribution in [2.75, 3.05) is 25.6 Å². The molecule has 1 amide bonds. The van der Waals surface area contributed by atoms with E-state index in [-0.39, 0.29) is 29.6 Å². The summed E-state index contributed by atoms with van der Waals surface area (Å²) in [6.07, 6.45) is 1.01. The fourth-order valence-corrected chi connectivity index (χ4v) is 5.36. The molecule has 7 heteroatoms. The van der Waals surface area contributed by atoms with E-state index in [1.54, 1.807) is 23.1 Å². The molecule has 2 aliphatic rings. The Kier molecular flexibility index (Phi) is 4.71. The zero-order valence-corrected chi connectivity index (χ0v) is 14.8. The van der Waals surface area contributed by atoms with E-state index in [1.165, 1.54) is 0 Å². The summed E-state index contributed by atoms with van der Waals surface area (Å²) in [6, 6.07) is 5.14. The Hall–Kier alpha value is -1.76. The van der Waals surface area contributed by atoms with Crippen molar-refractivity contribution >= 4 is 15.7 Å². The molecule has 0 aliphatic carbocycles. The maximum atomic E-state index is 12.6. The van der Waals surface area contributed by atoms with Crippen molar-refractivity contribution in [1.82, 2.24) is 4.90 Å². The van der Waals surface area contributed by atoms with Gasteiger partial charge in [-0.25, -0.2) is 8.42 Å². The monoisotopic (exact) mass is 353 g/mol. The molecule has 0 spiro atoms. The Balaban J connectivity index is 1.63. The zero-order valence-electron chi connectivity index (χ0n) is 14.0. The van der Waals surface area contributed by atoms with E-state index in [1.807, 2.05) is 13.8 Å². The summed E-state index contributed by atoms with van der Waals surface area (Å²) < 4.78 is 35.2. The van der Waals surface area contributed by atoms with Crippen LogP contribution in [0.3, 0.4) is 0 Å². The SMILES string of the molecule is CC(C)CS(=O)(=O)C1CCN(C(=O)c2ccc3c(c2)OCO3)CC1. The first-order valence-corrected chi connectivity index (χ1v) is 9.99. The molecule has 0 aromatic heterocycles. The molecule has 0 bridgehead atoms. The third-order valence-corrected chi connectivity index (χ3v) is 7.04. The van der Waals surface area contributed by atoms with Gasteiger partial charge in [-0.2, -0.15) is 0 Å². The number of hydrogen-bond acceptors (Lipinski definition) is 5. The summed E-state index contributed by atoms with van der Waals surface area (Å²) in [5.74, 6) is 1.48. The zero-order chi connectivity index (χ0) is 17.3. The summed E-state index contributed by atoms with van der Waals surface area (Å²) in [6.45, 7) is 4.93. The summed E-state index contributed by atoms with van der Waals surface area (Å²) in [5.41, 5.74) is 0.544. The maximum Gasteiger partial charge on any atom is 0.253 e. The summed E-state index contributed by atoms with van der Waals surface area (Å²) in [7, 11) is -3.08. The topological polar surface area (TPSA) is 72.9 Å². The summed E-state index contributed by atoms with van der Waals surface area (Å²) in [5, 5.41) is -0.333. The number of sulfone groups is 1. The van der Waals surface area contributed by atoms with Crippen molar-refractivity contribution in [2.24, 2.45) is 5.92 Å². The second-order valence-electron chi connectivity index (χ2n) is 6.78. The van der Waals surface area contributed by atoms with Crippen LogP contribution in [0.2, 0.25) is 0 Å². The molecule has 24 heavy (non-hydrogen) atoms. The molecule has 1 fully saturated rings. The number of nitrogens with zero attached hydrogens (tertiary/aromatic N) is 1. The van der Waals surface area contributed by atoms with E-state index < -0.39 is 9.84 Å². The third kappa shape index (κ3) is 3.50. The smallest absolute Gasteiger partial charge is 0.253 e. The van der Waals surface area contributed by atoms with Gasteiger partial charge in [0.15, 0.2) is 21.3 Å². The van der Waals surface area contributed by atoms with E-state index in [9.17, 15) is 13.2 Å². The lowest BCUT2D eigenvalue weighted by Crippen LogP contribution is -2.43. The molecule has 0 saturated carbocycles. The van der Waals surface area contributed by atoms with Gasteiger partial charge in [0.05, 0.1) is 11.0 Å². The minimum absolute atomic E-state index is 0.0898. The van der Waals surface area contributed by atoms with E-state index in [0.29, 0.717) is 43.0 Å². The highest BCUT2D eigenvalue weighted by atomic mass is 32.2. The summed E-state index contributed by atoms with van der Waals surface area (Å²) >= 11 is 0. The van der Waals surface area contributed by atoms with Gasteiger partial charge in [0, 0.05) is 18.7 Å². The fourth-order valence-electron chi connectivity index (χ4n) is 3.23. The van der Waals surface area contributed by atoms with Crippen molar-refractivity contribution in [3.63, 3.8) is 0 Å². The van der Waals surface area contributed by atoms with Gasteiger partial charge in [0.2, 0.25) is 6.79 Å². The van der Waals surface area contributed by atoms with Crippen LogP contribution in [0.25, 0.3) is 0 Å². The third-order valence-electron chi connectivity index (χ3n) is 4.42. The van der Waals surface area contributed by atoms with Crippen molar-refractivity contribution in [3.8, 4) is 11.5 Å². The lowest BCUT2D eigenvalue weighted by molar-refractivity contribution is 0.0725. The van der Waals surface area contributed by atoms with Crippen LogP contribution < -0.4 is 9.47 Å². The predicted octanol–water partition coefficient (Wildman–Crippen LogP) is 2.09. The average Bonchev–Trinajstić information content (AvgIpc) is 3.00. The van der Waals surface area contributed by atoms with Crippen molar-refractivity contribution in [1.29, 1.82) is 0 Å². The number of carbonyl (C=O) groups is 1. The van der Waals surface area contributed by atoms with Crippen molar-refractivity contribution in [3.05, 3.63) is 23.8 Å². The van der Waals surface area contributed by atoms with E-state index in [2.05, 4.69) is 0 Å². The maximum absolute atomic E-state index is 12.6. The summed E-state index contributed by atoms with van der Waals surface area (Å²) in [4.78, 5) is 14.3. The van der Waals surface area contributed by atoms with Crippen molar-refractivity contribution < 1.29 is 22.7 Å². The van der Waals surface area contributed by atoms with Crippen LogP contribution in [-0.2, 0) is 9.84 Å². The highest BCUT2D eigenvalue weighted by molar-refractivity contribution is 7.92. The van der Waals surface area contributed by atoms with Gasteiger partial charge in [0.25, 0.3) is 5.91 Å². The molecular weight excluding hydrogens is 330 g/mol. The number of rotatable bonds is 4. The Morgan fingerprint density at radius 3 is 2.54 bits per heavy atom. The van der Waals surface area contributed by atoms with E-state index >= 15 is 0 Å². The van der Waals surface area contributed by atoms with Crippen LogP contribution in [-0.4, -0.2) is 50.1 Å². The van der Waals surface area contributed by atoms with Crippen LogP contribution in [0.5, 0.6) is 11.5 Å². The number of fused-ring (bicyclic) bond motifs is 1. The molecule has 0 radical (unpaired) electrons. The Labute approximate surface area is 142 Å². The molecule has 3 rings (SSSR count). The number of amides is 1. The predicted molar refractivity (Wildman–Crippen MR) is 90.1 cm³/mol. The van der Waals surface area contributed by atoms with Crippen LogP contribution in [0.15, 0.2) is 18.2 Å². The average molecular weight is 353 g/mol. The van der Waals surface area contributed by atoms with Crippen LogP contribution in [0, 0.1) is 5.92 Å². The van der Waals surface area contributed by atoms with Crippen LogP contribution >= 0.6 is 0 Å². The molecule has 2 heterocycles. The minimum Gasteiger partial charge on any atom is -0.454 e. The molecule has 1 saturated heterocycles. The molecule has 6 nitrogen and oxygen atoms in total. The van der Waals surface area contributed by atoms with Crippen LogP contribution in [0.4, 0.5) is 0 Å². The standard InChI is InChI=1S/C17H23NO5S/c1-12(2)10-24(20,21)14-5-7-18(8-6-14)17(19)13-3-4-15-16(9-13)23-11-22-15/h3-4,9,12,14H,5-8,10-11H2,1-2H3.